The molecule has 0 saturated carbocycles. The Labute approximate surface area is 186 Å². The number of aromatic nitrogens is 3. The number of amides is 1. The Balaban J connectivity index is 1.75. The van der Waals surface area contributed by atoms with E-state index in [1.54, 1.807) is 16.8 Å². The molecule has 5 aromatic rings. The molecular weight excluding hydrogens is 396 g/mol. The summed E-state index contributed by atoms with van der Waals surface area (Å²) >= 11 is 0. The Bertz CT molecular complexity index is 1330. The summed E-state index contributed by atoms with van der Waals surface area (Å²) in [7, 11) is 0. The number of hydrogen-bond acceptors (Lipinski definition) is 2. The van der Waals surface area contributed by atoms with Crippen LogP contribution < -0.4 is 10.1 Å². The van der Waals surface area contributed by atoms with Crippen molar-refractivity contribution in [3.8, 4) is 28.5 Å². The second-order valence-electron chi connectivity index (χ2n) is 7.27. The summed E-state index contributed by atoms with van der Waals surface area (Å²) in [5, 5.41) is 4.94. The molecule has 32 heavy (non-hydrogen) atoms. The SMILES string of the molecule is O=C(Nn1c(-c2ccccc2)n[n+](-c2ccccc2)c1-c1ccccc1)c1ccccc1. The first-order valence-corrected chi connectivity index (χ1v) is 10.4. The molecule has 154 valence electrons. The third-order valence-electron chi connectivity index (χ3n) is 5.13. The van der Waals surface area contributed by atoms with Gasteiger partial charge in [0.15, 0.2) is 5.69 Å². The van der Waals surface area contributed by atoms with Crippen LogP contribution >= 0.6 is 0 Å². The molecule has 1 amide bonds. The van der Waals surface area contributed by atoms with E-state index in [9.17, 15) is 4.79 Å². The molecule has 0 atom stereocenters. The quantitative estimate of drug-likeness (QED) is 0.415. The average Bonchev–Trinajstić information content (AvgIpc) is 3.25. The molecule has 1 heterocycles. The van der Waals surface area contributed by atoms with Crippen molar-refractivity contribution in [1.82, 2.24) is 9.77 Å². The zero-order valence-electron chi connectivity index (χ0n) is 17.3. The Morgan fingerprint density at radius 1 is 0.656 bits per heavy atom. The topological polar surface area (TPSA) is 50.8 Å². The Hall–Kier alpha value is -4.51. The van der Waals surface area contributed by atoms with Crippen LogP contribution in [-0.4, -0.2) is 15.7 Å². The second-order valence-corrected chi connectivity index (χ2v) is 7.27. The van der Waals surface area contributed by atoms with Crippen LogP contribution in [0.1, 0.15) is 10.4 Å². The third-order valence-corrected chi connectivity index (χ3v) is 5.13. The first kappa shape index (κ1) is 19.5. The van der Waals surface area contributed by atoms with Gasteiger partial charge in [-0.1, -0.05) is 82.2 Å². The number of rotatable bonds is 5. The predicted molar refractivity (Wildman–Crippen MR) is 125 cm³/mol. The summed E-state index contributed by atoms with van der Waals surface area (Å²) < 4.78 is 3.63. The van der Waals surface area contributed by atoms with Gasteiger partial charge in [-0.3, -0.25) is 4.79 Å². The van der Waals surface area contributed by atoms with Gasteiger partial charge < -0.3 is 0 Å². The van der Waals surface area contributed by atoms with Crippen LogP contribution in [0.25, 0.3) is 28.5 Å². The summed E-state index contributed by atoms with van der Waals surface area (Å²) in [6, 6.07) is 38.9. The molecule has 0 unspecified atom stereocenters. The molecule has 5 nitrogen and oxygen atoms in total. The van der Waals surface area contributed by atoms with Crippen LogP contribution in [0.15, 0.2) is 121 Å². The first-order valence-electron chi connectivity index (χ1n) is 10.4. The van der Waals surface area contributed by atoms with Crippen LogP contribution in [0.3, 0.4) is 0 Å². The molecule has 4 aromatic carbocycles. The van der Waals surface area contributed by atoms with Gasteiger partial charge in [0.05, 0.1) is 5.56 Å². The first-order chi connectivity index (χ1) is 15.8. The molecule has 0 saturated heterocycles. The lowest BCUT2D eigenvalue weighted by Gasteiger charge is -2.06. The van der Waals surface area contributed by atoms with Crippen molar-refractivity contribution in [2.45, 2.75) is 0 Å². The van der Waals surface area contributed by atoms with E-state index >= 15 is 0 Å². The van der Waals surface area contributed by atoms with E-state index in [0.29, 0.717) is 11.4 Å². The molecule has 0 fully saturated rings. The van der Waals surface area contributed by atoms with Crippen molar-refractivity contribution in [1.29, 1.82) is 0 Å². The van der Waals surface area contributed by atoms with Gasteiger partial charge >= 0.3 is 5.82 Å². The average molecular weight is 417 g/mol. The van der Waals surface area contributed by atoms with Crippen molar-refractivity contribution in [3.05, 3.63) is 127 Å². The third kappa shape index (κ3) is 3.79. The van der Waals surface area contributed by atoms with Crippen molar-refractivity contribution in [3.63, 3.8) is 0 Å². The number of nitrogens with zero attached hydrogens (tertiary/aromatic N) is 3. The number of para-hydroxylation sites is 1. The number of carbonyl (C=O) groups is 1. The number of hydrogen-bond donors (Lipinski definition) is 1. The molecule has 5 heteroatoms. The fraction of sp³-hybridized carbons (Fsp3) is 0. The number of carbonyl (C=O) groups excluding carboxylic acids is 1. The van der Waals surface area contributed by atoms with Crippen molar-refractivity contribution >= 4 is 5.91 Å². The highest BCUT2D eigenvalue weighted by Gasteiger charge is 2.31. The van der Waals surface area contributed by atoms with Gasteiger partial charge in [-0.05, 0) is 53.6 Å². The molecule has 5 rings (SSSR count). The van der Waals surface area contributed by atoms with E-state index in [0.717, 1.165) is 22.6 Å². The largest absolute Gasteiger partial charge is 0.340 e. The van der Waals surface area contributed by atoms with Gasteiger partial charge in [0.1, 0.15) is 0 Å². The Kier molecular flexibility index (Phi) is 5.29. The molecule has 0 spiro atoms. The standard InChI is InChI=1S/C27H20N4O/c32-26(22-15-7-2-8-16-22)29-31-25(21-13-5-1-6-14-21)28-30(24-19-11-4-12-20-24)27(31)23-17-9-3-10-18-23/h1-20H/p+1. The monoisotopic (exact) mass is 417 g/mol. The van der Waals surface area contributed by atoms with Gasteiger partial charge in [-0.15, -0.1) is 0 Å². The van der Waals surface area contributed by atoms with Crippen LogP contribution in [0.2, 0.25) is 0 Å². The lowest BCUT2D eigenvalue weighted by Crippen LogP contribution is -2.36. The fourth-order valence-electron chi connectivity index (χ4n) is 3.61. The second kappa shape index (κ2) is 8.70. The molecule has 0 aliphatic heterocycles. The zero-order chi connectivity index (χ0) is 21.8. The van der Waals surface area contributed by atoms with Crippen LogP contribution in [-0.2, 0) is 0 Å². The summed E-state index contributed by atoms with van der Waals surface area (Å²) in [4.78, 5) is 13.2. The molecule has 0 aliphatic rings. The maximum Gasteiger partial charge on any atom is 0.340 e. The lowest BCUT2D eigenvalue weighted by atomic mass is 10.2. The highest BCUT2D eigenvalue weighted by Crippen LogP contribution is 2.24. The van der Waals surface area contributed by atoms with Crippen molar-refractivity contribution in [2.24, 2.45) is 0 Å². The summed E-state index contributed by atoms with van der Waals surface area (Å²) in [6.07, 6.45) is 0. The minimum absolute atomic E-state index is 0.211. The highest BCUT2D eigenvalue weighted by atomic mass is 16.2. The lowest BCUT2D eigenvalue weighted by molar-refractivity contribution is -0.645. The van der Waals surface area contributed by atoms with Gasteiger partial charge in [0, 0.05) is 11.1 Å². The summed E-state index contributed by atoms with van der Waals surface area (Å²) in [5.74, 6) is 1.18. The van der Waals surface area contributed by atoms with E-state index in [-0.39, 0.29) is 5.91 Å². The minimum Gasteiger partial charge on any atom is -0.266 e. The van der Waals surface area contributed by atoms with E-state index < -0.39 is 0 Å². The molecule has 0 bridgehead atoms. The smallest absolute Gasteiger partial charge is 0.266 e. The molecular formula is C27H21N4O+. The predicted octanol–water partition coefficient (Wildman–Crippen LogP) is 4.88. The molecule has 1 aromatic heterocycles. The summed E-state index contributed by atoms with van der Waals surface area (Å²) in [5.41, 5.74) is 6.38. The molecule has 0 aliphatic carbocycles. The fourth-order valence-corrected chi connectivity index (χ4v) is 3.61. The van der Waals surface area contributed by atoms with Crippen molar-refractivity contribution < 1.29 is 9.48 Å². The van der Waals surface area contributed by atoms with Gasteiger partial charge in [-0.25, -0.2) is 0 Å². The Morgan fingerprint density at radius 3 is 1.75 bits per heavy atom. The van der Waals surface area contributed by atoms with Gasteiger partial charge in [0.2, 0.25) is 0 Å². The maximum atomic E-state index is 13.2. The van der Waals surface area contributed by atoms with E-state index in [1.165, 1.54) is 0 Å². The van der Waals surface area contributed by atoms with E-state index in [4.69, 9.17) is 5.10 Å². The number of nitrogens with one attached hydrogen (secondary N) is 1. The van der Waals surface area contributed by atoms with Crippen molar-refractivity contribution in [2.75, 3.05) is 5.43 Å². The molecule has 0 radical (unpaired) electrons. The minimum atomic E-state index is -0.211. The molecule has 1 N–H and O–H groups in total. The van der Waals surface area contributed by atoms with Gasteiger partial charge in [0.25, 0.3) is 11.7 Å². The van der Waals surface area contributed by atoms with Gasteiger partial charge in [-0.2, -0.15) is 5.43 Å². The van der Waals surface area contributed by atoms with Crippen LogP contribution in [0.4, 0.5) is 0 Å². The number of benzene rings is 4. The normalized spacial score (nSPS) is 10.6. The van der Waals surface area contributed by atoms with E-state index in [1.807, 2.05) is 114 Å². The summed E-state index contributed by atoms with van der Waals surface area (Å²) in [6.45, 7) is 0. The van der Waals surface area contributed by atoms with Crippen LogP contribution in [0, 0.1) is 0 Å². The maximum absolute atomic E-state index is 13.2. The zero-order valence-corrected chi connectivity index (χ0v) is 17.3. The van der Waals surface area contributed by atoms with E-state index in [2.05, 4.69) is 5.43 Å². The highest BCUT2D eigenvalue weighted by molar-refractivity contribution is 6.00. The van der Waals surface area contributed by atoms with Crippen LogP contribution in [0.5, 0.6) is 0 Å². The Morgan fingerprint density at radius 2 is 1.16 bits per heavy atom.